The average molecular weight is 321 g/mol. The molecule has 1 heterocycles. The zero-order valence-electron chi connectivity index (χ0n) is 13.4. The Kier molecular flexibility index (Phi) is 4.72. The molecule has 122 valence electrons. The van der Waals surface area contributed by atoms with Crippen molar-refractivity contribution < 1.29 is 9.21 Å². The molecule has 3 aromatic rings. The number of rotatable bonds is 5. The molecule has 0 saturated carbocycles. The maximum atomic E-state index is 12.3. The molecule has 1 unspecified atom stereocenters. The molecule has 3 N–H and O–H groups in total. The van der Waals surface area contributed by atoms with Crippen LogP contribution >= 0.6 is 0 Å². The molecule has 1 aromatic heterocycles. The van der Waals surface area contributed by atoms with E-state index >= 15 is 0 Å². The standard InChI is InChI=1S/C19H19N3O2/c1-2-13-7-6-10-15(11-13)21-18(23)16-12-24-19(22-16)17(20)14-8-4-3-5-9-14/h3-12,17H,2,20H2,1H3,(H,21,23). The largest absolute Gasteiger partial charge is 0.446 e. The minimum atomic E-state index is -0.504. The van der Waals surface area contributed by atoms with Crippen LogP contribution in [0.15, 0.2) is 65.3 Å². The molecule has 1 atom stereocenters. The highest BCUT2D eigenvalue weighted by atomic mass is 16.3. The Morgan fingerprint density at radius 3 is 2.75 bits per heavy atom. The number of benzene rings is 2. The lowest BCUT2D eigenvalue weighted by Gasteiger charge is -2.07. The molecule has 0 aliphatic heterocycles. The van der Waals surface area contributed by atoms with Crippen molar-refractivity contribution in [2.45, 2.75) is 19.4 Å². The van der Waals surface area contributed by atoms with Crippen LogP contribution in [0.4, 0.5) is 5.69 Å². The van der Waals surface area contributed by atoms with Crippen LogP contribution in [0, 0.1) is 0 Å². The summed E-state index contributed by atoms with van der Waals surface area (Å²) < 4.78 is 5.39. The summed E-state index contributed by atoms with van der Waals surface area (Å²) in [7, 11) is 0. The van der Waals surface area contributed by atoms with Crippen LogP contribution in [0.25, 0.3) is 0 Å². The van der Waals surface area contributed by atoms with Crippen molar-refractivity contribution in [2.24, 2.45) is 5.73 Å². The number of nitrogens with one attached hydrogen (secondary N) is 1. The van der Waals surface area contributed by atoms with Gasteiger partial charge in [0.25, 0.3) is 5.91 Å². The third kappa shape index (κ3) is 3.52. The van der Waals surface area contributed by atoms with Crippen LogP contribution in [0.5, 0.6) is 0 Å². The molecule has 0 spiro atoms. The lowest BCUT2D eigenvalue weighted by molar-refractivity contribution is 0.102. The van der Waals surface area contributed by atoms with E-state index in [0.29, 0.717) is 5.89 Å². The summed E-state index contributed by atoms with van der Waals surface area (Å²) in [5.74, 6) is -0.00725. The van der Waals surface area contributed by atoms with Gasteiger partial charge in [-0.1, -0.05) is 49.4 Å². The first-order chi connectivity index (χ1) is 11.7. The first-order valence-corrected chi connectivity index (χ1v) is 7.83. The number of oxazole rings is 1. The van der Waals surface area contributed by atoms with E-state index in [1.54, 1.807) is 0 Å². The highest BCUT2D eigenvalue weighted by Crippen LogP contribution is 2.19. The van der Waals surface area contributed by atoms with Gasteiger partial charge in [0.2, 0.25) is 5.89 Å². The normalized spacial score (nSPS) is 11.9. The number of anilines is 1. The molecule has 24 heavy (non-hydrogen) atoms. The second kappa shape index (κ2) is 7.10. The van der Waals surface area contributed by atoms with Gasteiger partial charge in [-0.25, -0.2) is 4.98 Å². The van der Waals surface area contributed by atoms with Gasteiger partial charge in [-0.2, -0.15) is 0 Å². The zero-order valence-corrected chi connectivity index (χ0v) is 13.4. The number of nitrogens with zero attached hydrogens (tertiary/aromatic N) is 1. The van der Waals surface area contributed by atoms with Crippen LogP contribution < -0.4 is 11.1 Å². The van der Waals surface area contributed by atoms with E-state index in [1.807, 2.05) is 54.6 Å². The molecule has 1 amide bonds. The summed E-state index contributed by atoms with van der Waals surface area (Å²) in [6, 6.07) is 16.7. The third-order valence-corrected chi connectivity index (χ3v) is 3.77. The molecule has 0 fully saturated rings. The van der Waals surface area contributed by atoms with Crippen LogP contribution in [0.1, 0.15) is 40.5 Å². The summed E-state index contributed by atoms with van der Waals surface area (Å²) in [5, 5.41) is 2.82. The summed E-state index contributed by atoms with van der Waals surface area (Å²) in [5.41, 5.74) is 9.10. The molecule has 0 saturated heterocycles. The van der Waals surface area contributed by atoms with Gasteiger partial charge >= 0.3 is 0 Å². The minimum Gasteiger partial charge on any atom is -0.446 e. The van der Waals surface area contributed by atoms with Gasteiger partial charge in [0.1, 0.15) is 12.3 Å². The highest BCUT2D eigenvalue weighted by molar-refractivity contribution is 6.02. The molecule has 3 rings (SSSR count). The number of aromatic nitrogens is 1. The number of carbonyl (C=O) groups is 1. The van der Waals surface area contributed by atoms with E-state index in [1.165, 1.54) is 6.26 Å². The Hall–Kier alpha value is -2.92. The van der Waals surface area contributed by atoms with Gasteiger partial charge in [0.05, 0.1) is 0 Å². The number of nitrogens with two attached hydrogens (primary N) is 1. The number of aryl methyl sites for hydroxylation is 1. The fourth-order valence-corrected chi connectivity index (χ4v) is 2.40. The second-order valence-electron chi connectivity index (χ2n) is 5.47. The molecule has 2 aromatic carbocycles. The van der Waals surface area contributed by atoms with Crippen molar-refractivity contribution >= 4 is 11.6 Å². The molecule has 0 aliphatic rings. The van der Waals surface area contributed by atoms with Gasteiger partial charge < -0.3 is 15.5 Å². The molecular formula is C19H19N3O2. The molecular weight excluding hydrogens is 302 g/mol. The summed E-state index contributed by atoms with van der Waals surface area (Å²) >= 11 is 0. The van der Waals surface area contributed by atoms with Crippen molar-refractivity contribution in [3.05, 3.63) is 83.6 Å². The Balaban J connectivity index is 1.74. The van der Waals surface area contributed by atoms with Gasteiger partial charge in [0, 0.05) is 5.69 Å². The van der Waals surface area contributed by atoms with Crippen molar-refractivity contribution in [1.29, 1.82) is 0 Å². The van der Waals surface area contributed by atoms with E-state index in [-0.39, 0.29) is 11.6 Å². The lowest BCUT2D eigenvalue weighted by Crippen LogP contribution is -2.15. The molecule has 5 nitrogen and oxygen atoms in total. The maximum Gasteiger partial charge on any atom is 0.277 e. The van der Waals surface area contributed by atoms with E-state index in [0.717, 1.165) is 23.2 Å². The predicted molar refractivity (Wildman–Crippen MR) is 92.7 cm³/mol. The molecule has 0 radical (unpaired) electrons. The Bertz CT molecular complexity index is 827. The van der Waals surface area contributed by atoms with E-state index in [2.05, 4.69) is 17.2 Å². The quantitative estimate of drug-likeness (QED) is 0.753. The van der Waals surface area contributed by atoms with Crippen LogP contribution in [0.3, 0.4) is 0 Å². The number of carbonyl (C=O) groups excluding carboxylic acids is 1. The topological polar surface area (TPSA) is 81.2 Å². The molecule has 0 aliphatic carbocycles. The van der Waals surface area contributed by atoms with E-state index in [4.69, 9.17) is 10.2 Å². The van der Waals surface area contributed by atoms with E-state index < -0.39 is 6.04 Å². The van der Waals surface area contributed by atoms with Crippen LogP contribution in [0.2, 0.25) is 0 Å². The van der Waals surface area contributed by atoms with E-state index in [9.17, 15) is 4.79 Å². The number of amides is 1. The van der Waals surface area contributed by atoms with Crippen molar-refractivity contribution in [2.75, 3.05) is 5.32 Å². The monoisotopic (exact) mass is 321 g/mol. The summed E-state index contributed by atoms with van der Waals surface area (Å²) in [4.78, 5) is 16.5. The minimum absolute atomic E-state index is 0.207. The Morgan fingerprint density at radius 2 is 2.00 bits per heavy atom. The SMILES string of the molecule is CCc1cccc(NC(=O)c2coc(C(N)c3ccccc3)n2)c1. The second-order valence-corrected chi connectivity index (χ2v) is 5.47. The molecule has 0 bridgehead atoms. The van der Waals surface area contributed by atoms with Crippen molar-refractivity contribution in [3.63, 3.8) is 0 Å². The van der Waals surface area contributed by atoms with Gasteiger partial charge in [-0.05, 0) is 29.7 Å². The lowest BCUT2D eigenvalue weighted by atomic mass is 10.1. The Morgan fingerprint density at radius 1 is 1.21 bits per heavy atom. The summed E-state index contributed by atoms with van der Waals surface area (Å²) in [6.07, 6.45) is 2.24. The smallest absolute Gasteiger partial charge is 0.277 e. The van der Waals surface area contributed by atoms with Crippen LogP contribution in [-0.4, -0.2) is 10.9 Å². The number of hydrogen-bond acceptors (Lipinski definition) is 4. The first-order valence-electron chi connectivity index (χ1n) is 7.83. The summed E-state index contributed by atoms with van der Waals surface area (Å²) in [6.45, 7) is 2.07. The van der Waals surface area contributed by atoms with Gasteiger partial charge in [-0.15, -0.1) is 0 Å². The van der Waals surface area contributed by atoms with Crippen molar-refractivity contribution in [1.82, 2.24) is 4.98 Å². The fraction of sp³-hybridized carbons (Fsp3) is 0.158. The number of hydrogen-bond donors (Lipinski definition) is 2. The predicted octanol–water partition coefficient (Wildman–Crippen LogP) is 3.54. The average Bonchev–Trinajstić information content (AvgIpc) is 3.12. The highest BCUT2D eigenvalue weighted by Gasteiger charge is 2.18. The Labute approximate surface area is 140 Å². The first kappa shape index (κ1) is 16.0. The van der Waals surface area contributed by atoms with Crippen molar-refractivity contribution in [3.8, 4) is 0 Å². The third-order valence-electron chi connectivity index (χ3n) is 3.77. The zero-order chi connectivity index (χ0) is 16.9. The fourth-order valence-electron chi connectivity index (χ4n) is 2.40. The maximum absolute atomic E-state index is 12.3. The van der Waals surface area contributed by atoms with Gasteiger partial charge in [-0.3, -0.25) is 4.79 Å². The van der Waals surface area contributed by atoms with Gasteiger partial charge in [0.15, 0.2) is 5.69 Å². The molecule has 5 heteroatoms. The van der Waals surface area contributed by atoms with Crippen LogP contribution in [-0.2, 0) is 6.42 Å².